The molecule has 1 fully saturated rings. The van der Waals surface area contributed by atoms with E-state index in [1.165, 1.54) is 0 Å². The van der Waals surface area contributed by atoms with Crippen molar-refractivity contribution in [3.63, 3.8) is 0 Å². The summed E-state index contributed by atoms with van der Waals surface area (Å²) in [4.78, 5) is 0. The quantitative estimate of drug-likeness (QED) is 0.411. The van der Waals surface area contributed by atoms with Crippen LogP contribution in [0.1, 0.15) is 51.0 Å². The molecule has 0 amide bonds. The van der Waals surface area contributed by atoms with Gasteiger partial charge in [-0.1, -0.05) is 25.0 Å². The summed E-state index contributed by atoms with van der Waals surface area (Å²) in [5, 5.41) is 0. The van der Waals surface area contributed by atoms with Crippen LogP contribution in [0.5, 0.6) is 5.75 Å². The van der Waals surface area contributed by atoms with E-state index < -0.39 is 23.7 Å². The molecule has 6 heteroatoms. The average molecular weight is 362 g/mol. The van der Waals surface area contributed by atoms with Crippen molar-refractivity contribution >= 4 is 0 Å². The zero-order valence-corrected chi connectivity index (χ0v) is 14.2. The highest BCUT2D eigenvalue weighted by atomic mass is 19.4. The predicted octanol–water partition coefficient (Wildman–Crippen LogP) is 6.57. The molecule has 0 atom stereocenters. The van der Waals surface area contributed by atoms with E-state index in [1.54, 1.807) is 0 Å². The van der Waals surface area contributed by atoms with Crippen molar-refractivity contribution < 1.29 is 26.7 Å². The van der Waals surface area contributed by atoms with Crippen LogP contribution in [0, 0.1) is 23.5 Å². The van der Waals surface area contributed by atoms with Gasteiger partial charge in [0, 0.05) is 0 Å². The van der Waals surface area contributed by atoms with Gasteiger partial charge in [0.25, 0.3) is 0 Å². The Morgan fingerprint density at radius 2 is 1.60 bits per heavy atom. The third kappa shape index (κ3) is 6.33. The van der Waals surface area contributed by atoms with Crippen LogP contribution in [0.3, 0.4) is 0 Å². The van der Waals surface area contributed by atoms with Gasteiger partial charge in [0.15, 0.2) is 11.6 Å². The number of aryl methyl sites for hydroxylation is 1. The Morgan fingerprint density at radius 1 is 1.04 bits per heavy atom. The first kappa shape index (κ1) is 19.7. The Balaban J connectivity index is 1.87. The molecule has 0 bridgehead atoms. The van der Waals surface area contributed by atoms with Crippen LogP contribution in [-0.4, -0.2) is 6.36 Å². The van der Waals surface area contributed by atoms with E-state index in [1.807, 2.05) is 6.92 Å². The molecule has 1 aliphatic rings. The number of allylic oxidation sites excluding steroid dienone is 2. The van der Waals surface area contributed by atoms with Gasteiger partial charge in [0.1, 0.15) is 0 Å². The molecule has 1 saturated carbocycles. The molecule has 2 rings (SSSR count). The lowest BCUT2D eigenvalue weighted by atomic mass is 9.78. The van der Waals surface area contributed by atoms with Gasteiger partial charge in [0.05, 0.1) is 0 Å². The van der Waals surface area contributed by atoms with Gasteiger partial charge in [0.2, 0.25) is 5.75 Å². The molecule has 0 aliphatic heterocycles. The standard InChI is InChI=1S/C19H23F5O/c1-2-3-4-13-5-7-14(8-6-13)9-10-15-11-16(20)18(17(21)12-15)25-19(22,23)24/h2-3,11-14H,4-10H2,1H3/b3-2+/t13-,14-. The lowest BCUT2D eigenvalue weighted by Gasteiger charge is -2.28. The van der Waals surface area contributed by atoms with Crippen molar-refractivity contribution in [3.8, 4) is 5.75 Å². The van der Waals surface area contributed by atoms with Gasteiger partial charge in [-0.2, -0.15) is 0 Å². The van der Waals surface area contributed by atoms with E-state index in [4.69, 9.17) is 0 Å². The first-order valence-electron chi connectivity index (χ1n) is 8.63. The van der Waals surface area contributed by atoms with Crippen LogP contribution in [0.25, 0.3) is 0 Å². The van der Waals surface area contributed by atoms with Crippen LogP contribution < -0.4 is 4.74 Å². The van der Waals surface area contributed by atoms with Crippen molar-refractivity contribution in [1.82, 2.24) is 0 Å². The maximum atomic E-state index is 13.7. The average Bonchev–Trinajstić information content (AvgIpc) is 2.54. The summed E-state index contributed by atoms with van der Waals surface area (Å²) in [5.41, 5.74) is 0.362. The number of alkyl halides is 3. The SMILES string of the molecule is C/C=C/C[C@H]1CC[C@H](CCc2cc(F)c(OC(F)(F)F)c(F)c2)CC1. The van der Waals surface area contributed by atoms with Crippen molar-refractivity contribution in [2.24, 2.45) is 11.8 Å². The van der Waals surface area contributed by atoms with Crippen LogP contribution >= 0.6 is 0 Å². The summed E-state index contributed by atoms with van der Waals surface area (Å²) in [6.45, 7) is 2.01. The van der Waals surface area contributed by atoms with E-state index >= 15 is 0 Å². The minimum Gasteiger partial charge on any atom is -0.399 e. The zero-order chi connectivity index (χ0) is 18.4. The number of rotatable bonds is 6. The highest BCUT2D eigenvalue weighted by Gasteiger charge is 2.34. The molecule has 0 saturated heterocycles. The topological polar surface area (TPSA) is 9.23 Å². The number of halogens is 5. The van der Waals surface area contributed by atoms with Gasteiger partial charge in [-0.05, 0) is 68.6 Å². The molecular weight excluding hydrogens is 339 g/mol. The highest BCUT2D eigenvalue weighted by molar-refractivity contribution is 5.31. The van der Waals surface area contributed by atoms with E-state index in [0.717, 1.165) is 50.7 Å². The van der Waals surface area contributed by atoms with Gasteiger partial charge < -0.3 is 4.74 Å². The molecule has 1 aromatic rings. The zero-order valence-electron chi connectivity index (χ0n) is 14.2. The molecular formula is C19H23F5O. The van der Waals surface area contributed by atoms with Gasteiger partial charge in [-0.25, -0.2) is 8.78 Å². The molecule has 140 valence electrons. The summed E-state index contributed by atoms with van der Waals surface area (Å²) in [7, 11) is 0. The Kier molecular flexibility index (Phi) is 6.85. The van der Waals surface area contributed by atoms with E-state index in [2.05, 4.69) is 16.9 Å². The first-order chi connectivity index (χ1) is 11.8. The van der Waals surface area contributed by atoms with E-state index in [-0.39, 0.29) is 0 Å². The first-order valence-corrected chi connectivity index (χ1v) is 8.63. The minimum atomic E-state index is -5.12. The molecule has 1 aliphatic carbocycles. The monoisotopic (exact) mass is 362 g/mol. The highest BCUT2D eigenvalue weighted by Crippen LogP contribution is 2.34. The molecule has 25 heavy (non-hydrogen) atoms. The second-order valence-electron chi connectivity index (χ2n) is 6.67. The second-order valence-corrected chi connectivity index (χ2v) is 6.67. The second kappa shape index (κ2) is 8.68. The fourth-order valence-corrected chi connectivity index (χ4v) is 3.43. The third-order valence-electron chi connectivity index (χ3n) is 4.79. The van der Waals surface area contributed by atoms with Crippen molar-refractivity contribution in [1.29, 1.82) is 0 Å². The van der Waals surface area contributed by atoms with Gasteiger partial charge in [-0.3, -0.25) is 0 Å². The summed E-state index contributed by atoms with van der Waals surface area (Å²) in [6, 6.07) is 1.86. The Labute approximate surface area is 144 Å². The lowest BCUT2D eigenvalue weighted by molar-refractivity contribution is -0.276. The van der Waals surface area contributed by atoms with E-state index in [9.17, 15) is 22.0 Å². The summed E-state index contributed by atoms with van der Waals surface area (Å²) < 4.78 is 67.2. The smallest absolute Gasteiger partial charge is 0.399 e. The number of hydrogen-bond donors (Lipinski definition) is 0. The fraction of sp³-hybridized carbons (Fsp3) is 0.579. The number of benzene rings is 1. The summed E-state index contributed by atoms with van der Waals surface area (Å²) in [5.74, 6) is -2.81. The van der Waals surface area contributed by atoms with Crippen LogP contribution in [0.2, 0.25) is 0 Å². The maximum Gasteiger partial charge on any atom is 0.573 e. The minimum absolute atomic E-state index is 0.362. The van der Waals surface area contributed by atoms with Crippen molar-refractivity contribution in [3.05, 3.63) is 41.5 Å². The molecule has 0 unspecified atom stereocenters. The summed E-state index contributed by atoms with van der Waals surface area (Å²) in [6.07, 6.45) is 5.92. The van der Waals surface area contributed by atoms with Gasteiger partial charge in [-0.15, -0.1) is 13.2 Å². The Hall–Kier alpha value is -1.59. The fourth-order valence-electron chi connectivity index (χ4n) is 3.43. The van der Waals surface area contributed by atoms with Crippen molar-refractivity contribution in [2.45, 2.75) is 58.2 Å². The molecule has 0 radical (unpaired) electrons. The molecule has 0 heterocycles. The largest absolute Gasteiger partial charge is 0.573 e. The van der Waals surface area contributed by atoms with Crippen LogP contribution in [0.15, 0.2) is 24.3 Å². The normalized spacial score (nSPS) is 21.7. The molecule has 0 aromatic heterocycles. The predicted molar refractivity (Wildman–Crippen MR) is 86.2 cm³/mol. The lowest BCUT2D eigenvalue weighted by Crippen LogP contribution is -2.19. The van der Waals surface area contributed by atoms with Crippen molar-refractivity contribution in [2.75, 3.05) is 0 Å². The van der Waals surface area contributed by atoms with Crippen LogP contribution in [0.4, 0.5) is 22.0 Å². The molecule has 1 aromatic carbocycles. The van der Waals surface area contributed by atoms with Crippen LogP contribution in [-0.2, 0) is 6.42 Å². The molecule has 1 nitrogen and oxygen atoms in total. The van der Waals surface area contributed by atoms with Gasteiger partial charge >= 0.3 is 6.36 Å². The maximum absolute atomic E-state index is 13.7. The Morgan fingerprint density at radius 3 is 2.12 bits per heavy atom. The van der Waals surface area contributed by atoms with E-state index in [0.29, 0.717) is 23.8 Å². The Bertz CT molecular complexity index is 563. The third-order valence-corrected chi connectivity index (χ3v) is 4.79. The molecule has 0 N–H and O–H groups in total. The summed E-state index contributed by atoms with van der Waals surface area (Å²) >= 11 is 0. The number of hydrogen-bond acceptors (Lipinski definition) is 1. The number of ether oxygens (including phenoxy) is 1. The molecule has 0 spiro atoms.